The van der Waals surface area contributed by atoms with E-state index in [-0.39, 0.29) is 0 Å². The van der Waals surface area contributed by atoms with E-state index in [1.54, 1.807) is 18.4 Å². The number of carbonyl (C=O) groups excluding carboxylic acids is 4. The van der Waals surface area contributed by atoms with Crippen LogP contribution in [0.3, 0.4) is 0 Å². The number of esters is 1. The van der Waals surface area contributed by atoms with Gasteiger partial charge in [0, 0.05) is 0 Å². The van der Waals surface area contributed by atoms with Crippen LogP contribution in [0.5, 0.6) is 0 Å². The van der Waals surface area contributed by atoms with Gasteiger partial charge < -0.3 is 15.4 Å². The molecule has 1 aliphatic rings. The van der Waals surface area contributed by atoms with Crippen molar-refractivity contribution >= 4 is 40.2 Å². The maximum atomic E-state index is 12.5. The van der Waals surface area contributed by atoms with Crippen molar-refractivity contribution in [1.29, 1.82) is 5.26 Å². The summed E-state index contributed by atoms with van der Waals surface area (Å²) in [5.74, 6) is -1.62. The molecule has 1 aromatic rings. The van der Waals surface area contributed by atoms with E-state index in [0.29, 0.717) is 22.9 Å². The molecule has 1 fully saturated rings. The molecule has 1 aromatic heterocycles. The molecule has 9 nitrogen and oxygen atoms in total. The zero-order valence-electron chi connectivity index (χ0n) is 15.9. The predicted molar refractivity (Wildman–Crippen MR) is 101 cm³/mol. The van der Waals surface area contributed by atoms with Gasteiger partial charge in [-0.1, -0.05) is 13.8 Å². The van der Waals surface area contributed by atoms with Crippen LogP contribution in [0.2, 0.25) is 0 Å². The van der Waals surface area contributed by atoms with E-state index in [1.807, 2.05) is 19.9 Å². The molecule has 1 atom stereocenters. The Balaban J connectivity index is 1.85. The lowest BCUT2D eigenvalue weighted by molar-refractivity contribution is -0.150. The first-order chi connectivity index (χ1) is 13.2. The summed E-state index contributed by atoms with van der Waals surface area (Å²) < 4.78 is 4.85. The van der Waals surface area contributed by atoms with Crippen molar-refractivity contribution in [2.75, 3.05) is 18.5 Å². The van der Waals surface area contributed by atoms with E-state index in [2.05, 4.69) is 10.6 Å². The molecule has 0 radical (unpaired) electrons. The molecule has 2 N–H and O–H groups in total. The van der Waals surface area contributed by atoms with Gasteiger partial charge in [0.2, 0.25) is 0 Å². The second-order valence-electron chi connectivity index (χ2n) is 7.07. The van der Waals surface area contributed by atoms with Gasteiger partial charge in [0.25, 0.3) is 11.8 Å². The highest BCUT2D eigenvalue weighted by molar-refractivity contribution is 7.14. The summed E-state index contributed by atoms with van der Waals surface area (Å²) in [5.41, 5.74) is -0.740. The molecular formula is C18H22N4O5S. The number of hydrogen-bond donors (Lipinski definition) is 2. The molecule has 1 saturated heterocycles. The fourth-order valence-electron chi connectivity index (χ4n) is 2.62. The third kappa shape index (κ3) is 5.07. The summed E-state index contributed by atoms with van der Waals surface area (Å²) in [6.45, 7) is 4.50. The van der Waals surface area contributed by atoms with Gasteiger partial charge in [-0.15, -0.1) is 11.3 Å². The predicted octanol–water partition coefficient (Wildman–Crippen LogP) is 1.85. The highest BCUT2D eigenvalue weighted by Crippen LogP contribution is 2.25. The molecule has 4 amide bonds. The molecular weight excluding hydrogens is 384 g/mol. The van der Waals surface area contributed by atoms with Gasteiger partial charge in [-0.2, -0.15) is 5.26 Å². The third-order valence-electron chi connectivity index (χ3n) is 4.26. The summed E-state index contributed by atoms with van der Waals surface area (Å²) in [7, 11) is 0. The van der Waals surface area contributed by atoms with Crippen LogP contribution < -0.4 is 10.6 Å². The zero-order chi connectivity index (χ0) is 20.9. The average Bonchev–Trinajstić information content (AvgIpc) is 3.16. The Labute approximate surface area is 166 Å². The van der Waals surface area contributed by atoms with Crippen molar-refractivity contribution in [1.82, 2.24) is 10.2 Å². The van der Waals surface area contributed by atoms with Crippen LogP contribution in [-0.4, -0.2) is 47.4 Å². The number of anilines is 1. The van der Waals surface area contributed by atoms with Gasteiger partial charge >= 0.3 is 12.0 Å². The van der Waals surface area contributed by atoms with Crippen LogP contribution in [0.25, 0.3) is 0 Å². The van der Waals surface area contributed by atoms with Crippen molar-refractivity contribution in [3.63, 3.8) is 0 Å². The van der Waals surface area contributed by atoms with Crippen molar-refractivity contribution < 1.29 is 23.9 Å². The largest absolute Gasteiger partial charge is 0.454 e. The SMILES string of the molecule is CC(C)CC[C@@]1(C)NC(=O)N(CC(=O)OCC(=O)Nc2sccc2C#N)C1=O. The van der Waals surface area contributed by atoms with Crippen molar-refractivity contribution in [2.45, 2.75) is 39.2 Å². The number of urea groups is 1. The van der Waals surface area contributed by atoms with Gasteiger partial charge in [0.05, 0.1) is 5.56 Å². The van der Waals surface area contributed by atoms with Gasteiger partial charge in [-0.05, 0) is 37.1 Å². The van der Waals surface area contributed by atoms with E-state index in [0.717, 1.165) is 11.3 Å². The van der Waals surface area contributed by atoms with Crippen LogP contribution in [0.1, 0.15) is 39.2 Å². The molecule has 0 aliphatic carbocycles. The highest BCUT2D eigenvalue weighted by atomic mass is 32.1. The number of amides is 4. The number of nitrogens with one attached hydrogen (secondary N) is 2. The minimum atomic E-state index is -1.05. The topological polar surface area (TPSA) is 129 Å². The van der Waals surface area contributed by atoms with E-state index < -0.39 is 42.5 Å². The third-order valence-corrected chi connectivity index (χ3v) is 5.09. The summed E-state index contributed by atoms with van der Waals surface area (Å²) in [4.78, 5) is 49.2. The van der Waals surface area contributed by atoms with Gasteiger partial charge in [-0.25, -0.2) is 4.79 Å². The summed E-state index contributed by atoms with van der Waals surface area (Å²) >= 11 is 1.17. The molecule has 0 spiro atoms. The standard InChI is InChI=1S/C18H22N4O5S/c1-11(2)4-6-18(3)16(25)22(17(26)21-18)9-14(24)27-10-13(23)20-15-12(8-19)5-7-28-15/h5,7,11H,4,6,9-10H2,1-3H3,(H,20,23)(H,21,26)/t18-/m1/s1. The maximum Gasteiger partial charge on any atom is 0.326 e. The van der Waals surface area contributed by atoms with Crippen molar-refractivity contribution in [3.05, 3.63) is 17.0 Å². The first-order valence-corrected chi connectivity index (χ1v) is 9.61. The maximum absolute atomic E-state index is 12.5. The van der Waals surface area contributed by atoms with Crippen molar-refractivity contribution in [2.24, 2.45) is 5.92 Å². The first-order valence-electron chi connectivity index (χ1n) is 8.73. The second-order valence-corrected chi connectivity index (χ2v) is 7.99. The molecule has 1 aliphatic heterocycles. The molecule has 0 saturated carbocycles. The van der Waals surface area contributed by atoms with E-state index in [9.17, 15) is 19.2 Å². The highest BCUT2D eigenvalue weighted by Gasteiger charge is 2.48. The Morgan fingerprint density at radius 3 is 2.79 bits per heavy atom. The Morgan fingerprint density at radius 1 is 1.43 bits per heavy atom. The molecule has 2 heterocycles. The lowest BCUT2D eigenvalue weighted by atomic mass is 9.92. The number of rotatable bonds is 8. The van der Waals surface area contributed by atoms with E-state index in [1.165, 1.54) is 11.3 Å². The molecule has 10 heteroatoms. The fourth-order valence-corrected chi connectivity index (χ4v) is 3.37. The lowest BCUT2D eigenvalue weighted by Gasteiger charge is -2.22. The molecule has 150 valence electrons. The molecule has 0 bridgehead atoms. The summed E-state index contributed by atoms with van der Waals surface area (Å²) in [6.07, 6.45) is 1.21. The van der Waals surface area contributed by atoms with E-state index in [4.69, 9.17) is 10.00 Å². The minimum Gasteiger partial charge on any atom is -0.454 e. The van der Waals surface area contributed by atoms with Crippen molar-refractivity contribution in [3.8, 4) is 6.07 Å². The quantitative estimate of drug-likeness (QED) is 0.501. The first kappa shape index (κ1) is 21.4. The van der Waals surface area contributed by atoms with Gasteiger partial charge in [0.1, 0.15) is 23.2 Å². The summed E-state index contributed by atoms with van der Waals surface area (Å²) in [5, 5.41) is 16.0. The lowest BCUT2D eigenvalue weighted by Crippen LogP contribution is -2.44. The molecule has 2 rings (SSSR count). The number of thiophene rings is 1. The Morgan fingerprint density at radius 2 is 2.14 bits per heavy atom. The number of ether oxygens (including phenoxy) is 1. The van der Waals surface area contributed by atoms with Crippen LogP contribution in [0.15, 0.2) is 11.4 Å². The monoisotopic (exact) mass is 406 g/mol. The van der Waals surface area contributed by atoms with Crippen LogP contribution >= 0.6 is 11.3 Å². The normalized spacial score (nSPS) is 18.8. The number of nitriles is 1. The van der Waals surface area contributed by atoms with Gasteiger partial charge in [0.15, 0.2) is 6.61 Å². The number of nitrogens with zero attached hydrogens (tertiary/aromatic N) is 2. The molecule has 28 heavy (non-hydrogen) atoms. The molecule has 0 aromatic carbocycles. The van der Waals surface area contributed by atoms with Crippen LogP contribution in [-0.2, 0) is 19.1 Å². The Bertz CT molecular complexity index is 828. The Hall–Kier alpha value is -2.93. The summed E-state index contributed by atoms with van der Waals surface area (Å²) in [6, 6.07) is 2.83. The van der Waals surface area contributed by atoms with Crippen LogP contribution in [0.4, 0.5) is 9.80 Å². The fraction of sp³-hybridized carbons (Fsp3) is 0.500. The van der Waals surface area contributed by atoms with Gasteiger partial charge in [-0.3, -0.25) is 19.3 Å². The molecule has 0 unspecified atom stereocenters. The minimum absolute atomic E-state index is 0.310. The van der Waals surface area contributed by atoms with E-state index >= 15 is 0 Å². The van der Waals surface area contributed by atoms with Crippen LogP contribution in [0, 0.1) is 17.2 Å². The zero-order valence-corrected chi connectivity index (χ0v) is 16.7. The number of carbonyl (C=O) groups is 4. The second kappa shape index (κ2) is 8.84. The average molecular weight is 406 g/mol. The Kier molecular flexibility index (Phi) is 6.75. The number of imide groups is 1. The smallest absolute Gasteiger partial charge is 0.326 e. The number of hydrogen-bond acceptors (Lipinski definition) is 7.